The van der Waals surface area contributed by atoms with Gasteiger partial charge in [0.1, 0.15) is 5.82 Å². The summed E-state index contributed by atoms with van der Waals surface area (Å²) in [4.78, 5) is 28.2. The predicted molar refractivity (Wildman–Crippen MR) is 95.6 cm³/mol. The number of aromatic amines is 1. The van der Waals surface area contributed by atoms with E-state index in [9.17, 15) is 4.79 Å². The van der Waals surface area contributed by atoms with E-state index in [2.05, 4.69) is 21.9 Å². The van der Waals surface area contributed by atoms with E-state index in [-0.39, 0.29) is 5.91 Å². The Morgan fingerprint density at radius 2 is 2.25 bits per heavy atom. The molecule has 0 radical (unpaired) electrons. The molecule has 0 bridgehead atoms. The number of hydrogen-bond acceptors (Lipinski definition) is 4. The number of piperidine rings is 1. The molecule has 2 aromatic heterocycles. The molecule has 0 spiro atoms. The third-order valence-electron chi connectivity index (χ3n) is 4.54. The first-order chi connectivity index (χ1) is 11.6. The van der Waals surface area contributed by atoms with E-state index >= 15 is 0 Å². The molecule has 6 heteroatoms. The van der Waals surface area contributed by atoms with Crippen molar-refractivity contribution in [2.75, 3.05) is 13.1 Å². The largest absolute Gasteiger partial charge is 0.342 e. The van der Waals surface area contributed by atoms with Crippen molar-refractivity contribution >= 4 is 28.3 Å². The van der Waals surface area contributed by atoms with Crippen LogP contribution < -0.4 is 0 Å². The molecule has 5 nitrogen and oxygen atoms in total. The molecule has 1 fully saturated rings. The summed E-state index contributed by atoms with van der Waals surface area (Å²) >= 11 is 1.75. The maximum atomic E-state index is 12.9. The van der Waals surface area contributed by atoms with Crippen LogP contribution in [0, 0.1) is 13.8 Å². The molecule has 24 heavy (non-hydrogen) atoms. The quantitative estimate of drug-likeness (QED) is 0.774. The van der Waals surface area contributed by atoms with Gasteiger partial charge >= 0.3 is 0 Å². The predicted octanol–water partition coefficient (Wildman–Crippen LogP) is 3.66. The molecule has 1 atom stereocenters. The number of rotatable bonds is 2. The van der Waals surface area contributed by atoms with Gasteiger partial charge in [0.15, 0.2) is 0 Å². The Hall–Kier alpha value is -2.21. The first kappa shape index (κ1) is 15.3. The highest BCUT2D eigenvalue weighted by Gasteiger charge is 2.27. The van der Waals surface area contributed by atoms with Crippen LogP contribution in [-0.2, 0) is 0 Å². The van der Waals surface area contributed by atoms with E-state index in [4.69, 9.17) is 0 Å². The highest BCUT2D eigenvalue weighted by Crippen LogP contribution is 2.30. The monoisotopic (exact) mass is 340 g/mol. The Morgan fingerprint density at radius 3 is 3.04 bits per heavy atom. The summed E-state index contributed by atoms with van der Waals surface area (Å²) in [6.45, 7) is 5.58. The lowest BCUT2D eigenvalue weighted by Crippen LogP contribution is -2.39. The number of thiazole rings is 1. The zero-order chi connectivity index (χ0) is 16.7. The molecule has 1 aromatic carbocycles. The fraction of sp³-hybridized carbons (Fsp3) is 0.389. The summed E-state index contributed by atoms with van der Waals surface area (Å²) in [6, 6.07) is 5.70. The Balaban J connectivity index is 1.56. The van der Waals surface area contributed by atoms with Gasteiger partial charge in [0.05, 0.1) is 16.0 Å². The van der Waals surface area contributed by atoms with Crippen molar-refractivity contribution in [2.24, 2.45) is 0 Å². The molecule has 3 aromatic rings. The van der Waals surface area contributed by atoms with Crippen molar-refractivity contribution in [1.29, 1.82) is 0 Å². The van der Waals surface area contributed by atoms with Crippen LogP contribution in [-0.4, -0.2) is 38.8 Å². The molecular weight excluding hydrogens is 320 g/mol. The Kier molecular flexibility index (Phi) is 3.84. The highest BCUT2D eigenvalue weighted by atomic mass is 32.1. The summed E-state index contributed by atoms with van der Waals surface area (Å²) < 4.78 is 0. The smallest absolute Gasteiger partial charge is 0.253 e. The molecule has 1 amide bonds. The topological polar surface area (TPSA) is 61.9 Å². The number of amides is 1. The van der Waals surface area contributed by atoms with Crippen LogP contribution in [0.3, 0.4) is 0 Å². The third-order valence-corrected chi connectivity index (χ3v) is 5.62. The first-order valence-corrected chi connectivity index (χ1v) is 9.10. The van der Waals surface area contributed by atoms with E-state index < -0.39 is 0 Å². The van der Waals surface area contributed by atoms with Crippen LogP contribution in [0.25, 0.3) is 11.0 Å². The molecule has 4 rings (SSSR count). The summed E-state index contributed by atoms with van der Waals surface area (Å²) in [5.41, 5.74) is 2.54. The van der Waals surface area contributed by atoms with E-state index in [1.807, 2.05) is 36.2 Å². The molecule has 124 valence electrons. The number of likely N-dealkylation sites (tertiary alicyclic amines) is 1. The Morgan fingerprint density at radius 1 is 1.38 bits per heavy atom. The highest BCUT2D eigenvalue weighted by molar-refractivity contribution is 7.11. The number of hydrogen-bond donors (Lipinski definition) is 1. The van der Waals surface area contributed by atoms with Crippen molar-refractivity contribution in [1.82, 2.24) is 19.9 Å². The lowest BCUT2D eigenvalue weighted by Gasteiger charge is -2.32. The third kappa shape index (κ3) is 2.82. The Labute approximate surface area is 144 Å². The standard InChI is InChI=1S/C18H20N4OS/c1-11-9-19-17(24-11)14-4-3-7-22(10-14)18(23)13-5-6-15-16(8-13)21-12(2)20-15/h5-6,8-9,14H,3-4,7,10H2,1-2H3,(H,20,21)/t14-/m1/s1. The second kappa shape index (κ2) is 6.02. The van der Waals surface area contributed by atoms with E-state index in [1.165, 1.54) is 4.88 Å². The van der Waals surface area contributed by atoms with Crippen LogP contribution in [0.2, 0.25) is 0 Å². The number of carbonyl (C=O) groups excluding carboxylic acids is 1. The van der Waals surface area contributed by atoms with Crippen LogP contribution in [0.1, 0.15) is 44.8 Å². The van der Waals surface area contributed by atoms with Gasteiger partial charge in [0, 0.05) is 35.6 Å². The van der Waals surface area contributed by atoms with Crippen molar-refractivity contribution in [2.45, 2.75) is 32.6 Å². The van der Waals surface area contributed by atoms with Crippen molar-refractivity contribution in [3.8, 4) is 0 Å². The summed E-state index contributed by atoms with van der Waals surface area (Å²) in [7, 11) is 0. The van der Waals surface area contributed by atoms with Gasteiger partial charge in [-0.15, -0.1) is 11.3 Å². The van der Waals surface area contributed by atoms with E-state index in [1.54, 1.807) is 11.3 Å². The SMILES string of the molecule is Cc1nc2ccc(C(=O)N3CCC[C@@H](c4ncc(C)s4)C3)cc2[nH]1. The normalized spacial score (nSPS) is 18.2. The van der Waals surface area contributed by atoms with Gasteiger partial charge in [0.25, 0.3) is 5.91 Å². The minimum atomic E-state index is 0.0992. The summed E-state index contributed by atoms with van der Waals surface area (Å²) in [6.07, 6.45) is 4.06. The molecule has 1 aliphatic rings. The molecule has 3 heterocycles. The van der Waals surface area contributed by atoms with Gasteiger partial charge < -0.3 is 9.88 Å². The number of aryl methyl sites for hydroxylation is 2. The molecule has 0 saturated carbocycles. The average Bonchev–Trinajstić information content (AvgIpc) is 3.18. The Bertz CT molecular complexity index is 897. The minimum absolute atomic E-state index is 0.0992. The second-order valence-corrected chi connectivity index (χ2v) is 7.72. The number of nitrogens with one attached hydrogen (secondary N) is 1. The van der Waals surface area contributed by atoms with Gasteiger partial charge in [-0.1, -0.05) is 0 Å². The molecule has 0 aliphatic carbocycles. The fourth-order valence-electron chi connectivity index (χ4n) is 3.38. The number of fused-ring (bicyclic) bond motifs is 1. The fourth-order valence-corrected chi connectivity index (χ4v) is 4.28. The summed E-state index contributed by atoms with van der Waals surface area (Å²) in [5, 5.41) is 1.16. The molecule has 1 aliphatic heterocycles. The van der Waals surface area contributed by atoms with Gasteiger partial charge in [-0.3, -0.25) is 4.79 Å². The molecule has 1 saturated heterocycles. The molecule has 0 unspecified atom stereocenters. The first-order valence-electron chi connectivity index (χ1n) is 8.28. The van der Waals surface area contributed by atoms with Crippen LogP contribution in [0.5, 0.6) is 0 Å². The maximum absolute atomic E-state index is 12.9. The summed E-state index contributed by atoms with van der Waals surface area (Å²) in [5.74, 6) is 1.33. The number of nitrogens with zero attached hydrogens (tertiary/aromatic N) is 3. The lowest BCUT2D eigenvalue weighted by molar-refractivity contribution is 0.0707. The second-order valence-electron chi connectivity index (χ2n) is 6.45. The zero-order valence-corrected chi connectivity index (χ0v) is 14.7. The van der Waals surface area contributed by atoms with E-state index in [0.29, 0.717) is 5.92 Å². The average molecular weight is 340 g/mol. The zero-order valence-electron chi connectivity index (χ0n) is 13.9. The number of imidazole rings is 1. The van der Waals surface area contributed by atoms with Gasteiger partial charge in [-0.25, -0.2) is 9.97 Å². The van der Waals surface area contributed by atoms with Gasteiger partial charge in [0.2, 0.25) is 0 Å². The number of H-pyrrole nitrogens is 1. The minimum Gasteiger partial charge on any atom is -0.342 e. The maximum Gasteiger partial charge on any atom is 0.253 e. The number of benzene rings is 1. The molecular formula is C18H20N4OS. The van der Waals surface area contributed by atoms with Crippen LogP contribution in [0.4, 0.5) is 0 Å². The van der Waals surface area contributed by atoms with Crippen LogP contribution >= 0.6 is 11.3 Å². The van der Waals surface area contributed by atoms with Crippen LogP contribution in [0.15, 0.2) is 24.4 Å². The lowest BCUT2D eigenvalue weighted by atomic mass is 9.98. The van der Waals surface area contributed by atoms with Crippen molar-refractivity contribution in [3.63, 3.8) is 0 Å². The number of aromatic nitrogens is 3. The molecule has 1 N–H and O–H groups in total. The van der Waals surface area contributed by atoms with Gasteiger partial charge in [-0.05, 0) is 44.9 Å². The van der Waals surface area contributed by atoms with E-state index in [0.717, 1.165) is 53.4 Å². The van der Waals surface area contributed by atoms with Gasteiger partial charge in [-0.2, -0.15) is 0 Å². The van der Waals surface area contributed by atoms with Crippen molar-refractivity contribution < 1.29 is 4.79 Å². The number of carbonyl (C=O) groups is 1. The van der Waals surface area contributed by atoms with Crippen molar-refractivity contribution in [3.05, 3.63) is 45.7 Å².